The van der Waals surface area contributed by atoms with E-state index >= 15 is 0 Å². The fraction of sp³-hybridized carbons (Fsp3) is 0.577. The number of rotatable bonds is 5. The molecule has 0 radical (unpaired) electrons. The number of likely N-dealkylation sites (N-methyl/N-ethyl adjacent to an activating group) is 1. The van der Waals surface area contributed by atoms with Crippen molar-refractivity contribution in [2.45, 2.75) is 45.8 Å². The Morgan fingerprint density at radius 2 is 2.00 bits per heavy atom. The van der Waals surface area contributed by atoms with Crippen LogP contribution in [0.5, 0.6) is 5.75 Å². The average molecular weight is 485 g/mol. The molecule has 1 aromatic carbocycles. The number of carbonyl (C=O) groups excluding carboxylic acids is 2. The van der Waals surface area contributed by atoms with Crippen LogP contribution in [0.1, 0.15) is 53.3 Å². The summed E-state index contributed by atoms with van der Waals surface area (Å²) >= 11 is 0. The highest BCUT2D eigenvalue weighted by molar-refractivity contribution is 6.03. The molecule has 2 amide bonds. The number of hydrogen-bond donors (Lipinski definition) is 1. The summed E-state index contributed by atoms with van der Waals surface area (Å²) in [6, 6.07) is 6.82. The van der Waals surface area contributed by atoms with E-state index in [-0.39, 0.29) is 35.6 Å². The largest absolute Gasteiger partial charge is 0.491 e. The number of hydrogen-bond acceptors (Lipinski definition) is 7. The summed E-state index contributed by atoms with van der Waals surface area (Å²) in [5.74, 6) is 1.46. The van der Waals surface area contributed by atoms with Gasteiger partial charge in [0.25, 0.3) is 11.8 Å². The first-order chi connectivity index (χ1) is 16.7. The van der Waals surface area contributed by atoms with Gasteiger partial charge in [-0.25, -0.2) is 0 Å². The molecule has 1 aromatic heterocycles. The van der Waals surface area contributed by atoms with E-state index in [9.17, 15) is 9.59 Å². The maximum Gasteiger partial charge on any atom is 0.277 e. The molecule has 35 heavy (non-hydrogen) atoms. The van der Waals surface area contributed by atoms with Crippen LogP contribution in [0.4, 0.5) is 5.69 Å². The lowest BCUT2D eigenvalue weighted by atomic mass is 10.0. The van der Waals surface area contributed by atoms with Crippen LogP contribution in [0.15, 0.2) is 28.8 Å². The molecule has 1 aliphatic heterocycles. The Balaban J connectivity index is 1.60. The first-order valence-electron chi connectivity index (χ1n) is 12.3. The minimum Gasteiger partial charge on any atom is -0.491 e. The second kappa shape index (κ2) is 10.8. The maximum atomic E-state index is 13.3. The Morgan fingerprint density at radius 1 is 1.23 bits per heavy atom. The smallest absolute Gasteiger partial charge is 0.277 e. The molecule has 9 heteroatoms. The first-order valence-corrected chi connectivity index (χ1v) is 12.3. The molecule has 1 saturated carbocycles. The third-order valence-corrected chi connectivity index (χ3v) is 6.88. The van der Waals surface area contributed by atoms with Crippen LogP contribution < -0.4 is 10.1 Å². The number of amides is 2. The molecule has 0 saturated heterocycles. The van der Waals surface area contributed by atoms with E-state index in [0.29, 0.717) is 35.9 Å². The summed E-state index contributed by atoms with van der Waals surface area (Å²) in [5, 5.41) is 6.58. The molecule has 1 N–H and O–H groups in total. The number of nitrogens with zero attached hydrogens (tertiary/aromatic N) is 3. The van der Waals surface area contributed by atoms with E-state index in [4.69, 9.17) is 14.0 Å². The number of nitrogens with one attached hydrogen (secondary N) is 1. The molecule has 2 aliphatic rings. The van der Waals surface area contributed by atoms with Crippen LogP contribution in [0, 0.1) is 18.8 Å². The highest BCUT2D eigenvalue weighted by Crippen LogP contribution is 2.32. The molecule has 9 nitrogen and oxygen atoms in total. The van der Waals surface area contributed by atoms with Gasteiger partial charge in [0, 0.05) is 57.7 Å². The summed E-state index contributed by atoms with van der Waals surface area (Å²) in [4.78, 5) is 30.1. The number of benzene rings is 1. The number of methoxy groups -OCH3 is 1. The van der Waals surface area contributed by atoms with Crippen molar-refractivity contribution in [1.82, 2.24) is 15.0 Å². The van der Waals surface area contributed by atoms with Gasteiger partial charge in [0.1, 0.15) is 18.1 Å². The summed E-state index contributed by atoms with van der Waals surface area (Å²) < 4.78 is 17.0. The lowest BCUT2D eigenvalue weighted by molar-refractivity contribution is 0.00994. The van der Waals surface area contributed by atoms with Crippen LogP contribution in [0.3, 0.4) is 0 Å². The monoisotopic (exact) mass is 484 g/mol. The average Bonchev–Trinajstić information content (AvgIpc) is 3.55. The Labute approximate surface area is 206 Å². The molecular formula is C26H36N4O5. The molecular weight excluding hydrogens is 448 g/mol. The van der Waals surface area contributed by atoms with Crippen molar-refractivity contribution in [3.8, 4) is 5.75 Å². The summed E-state index contributed by atoms with van der Waals surface area (Å²) in [5.41, 5.74) is 1.16. The van der Waals surface area contributed by atoms with E-state index in [1.54, 1.807) is 50.2 Å². The van der Waals surface area contributed by atoms with E-state index in [2.05, 4.69) is 29.2 Å². The van der Waals surface area contributed by atoms with Crippen LogP contribution in [0.2, 0.25) is 0 Å². The lowest BCUT2D eigenvalue weighted by Gasteiger charge is -2.36. The minimum absolute atomic E-state index is 0.0777. The normalized spacial score (nSPS) is 24.2. The van der Waals surface area contributed by atoms with Crippen molar-refractivity contribution in [2.24, 2.45) is 11.8 Å². The number of fused-ring (bicyclic) bond motifs is 1. The second-order valence-electron chi connectivity index (χ2n) is 9.98. The van der Waals surface area contributed by atoms with Crippen molar-refractivity contribution >= 4 is 17.5 Å². The first kappa shape index (κ1) is 25.2. The van der Waals surface area contributed by atoms with Gasteiger partial charge in [-0.1, -0.05) is 12.1 Å². The molecule has 1 fully saturated rings. The van der Waals surface area contributed by atoms with Crippen LogP contribution in [-0.2, 0) is 4.74 Å². The summed E-state index contributed by atoms with van der Waals surface area (Å²) in [6.07, 6.45) is 2.48. The Bertz CT molecular complexity index is 1050. The van der Waals surface area contributed by atoms with Gasteiger partial charge in [-0.2, -0.15) is 0 Å². The summed E-state index contributed by atoms with van der Waals surface area (Å²) in [7, 11) is 3.49. The lowest BCUT2D eigenvalue weighted by Crippen LogP contribution is -2.47. The van der Waals surface area contributed by atoms with Gasteiger partial charge >= 0.3 is 0 Å². The Morgan fingerprint density at radius 3 is 2.66 bits per heavy atom. The predicted octanol–water partition coefficient (Wildman–Crippen LogP) is 3.45. The van der Waals surface area contributed by atoms with Crippen LogP contribution in [-0.4, -0.2) is 79.3 Å². The van der Waals surface area contributed by atoms with Crippen molar-refractivity contribution in [3.05, 3.63) is 41.3 Å². The van der Waals surface area contributed by atoms with Gasteiger partial charge in [-0.05, 0) is 50.7 Å². The summed E-state index contributed by atoms with van der Waals surface area (Å²) in [6.45, 7) is 8.90. The fourth-order valence-electron chi connectivity index (χ4n) is 4.48. The Hall–Kier alpha value is -2.91. The zero-order valence-corrected chi connectivity index (χ0v) is 21.2. The molecule has 1 aliphatic carbocycles. The predicted molar refractivity (Wildman–Crippen MR) is 132 cm³/mol. The Kier molecular flexibility index (Phi) is 7.76. The van der Waals surface area contributed by atoms with Crippen molar-refractivity contribution in [3.63, 3.8) is 0 Å². The SMILES string of the molecule is CO[C@H]1CN(C)C(=O)c2ccc(NC(=O)c3cc(C)on3)cc2OC[C@H](C)N(CC2CC2)C[C@H]1C. The van der Waals surface area contributed by atoms with E-state index in [1.807, 2.05) is 0 Å². The number of aryl methyl sites for hydroxylation is 1. The molecule has 0 bridgehead atoms. The topological polar surface area (TPSA) is 97.1 Å². The van der Waals surface area contributed by atoms with Crippen molar-refractivity contribution in [1.29, 1.82) is 0 Å². The van der Waals surface area contributed by atoms with E-state index in [1.165, 1.54) is 12.8 Å². The third kappa shape index (κ3) is 6.21. The quantitative estimate of drug-likeness (QED) is 0.694. The van der Waals surface area contributed by atoms with Gasteiger partial charge in [-0.15, -0.1) is 0 Å². The highest BCUT2D eigenvalue weighted by Gasteiger charge is 2.31. The standard InChI is InChI=1S/C26H36N4O5/c1-16-12-30(13-19-6-7-19)17(2)15-34-23-11-20(27-25(31)22-10-18(3)35-28-22)8-9-21(23)26(32)29(4)14-24(16)33-5/h8-11,16-17,19,24H,6-7,12-15H2,1-5H3,(H,27,31)/t16-,17+,24+/m1/s1. The molecule has 2 heterocycles. The minimum atomic E-state index is -0.390. The van der Waals surface area contributed by atoms with Crippen molar-refractivity contribution in [2.75, 3.05) is 45.7 Å². The van der Waals surface area contributed by atoms with Crippen LogP contribution in [0.25, 0.3) is 0 Å². The second-order valence-corrected chi connectivity index (χ2v) is 9.98. The van der Waals surface area contributed by atoms with Crippen molar-refractivity contribution < 1.29 is 23.6 Å². The number of aromatic nitrogens is 1. The maximum absolute atomic E-state index is 13.3. The third-order valence-electron chi connectivity index (χ3n) is 6.88. The zero-order valence-electron chi connectivity index (χ0n) is 21.2. The highest BCUT2D eigenvalue weighted by atomic mass is 16.5. The van der Waals surface area contributed by atoms with E-state index in [0.717, 1.165) is 19.0 Å². The number of anilines is 1. The molecule has 0 spiro atoms. The van der Waals surface area contributed by atoms with Gasteiger partial charge in [0.05, 0.1) is 11.7 Å². The molecule has 3 atom stereocenters. The van der Waals surface area contributed by atoms with Gasteiger partial charge in [-0.3, -0.25) is 14.5 Å². The van der Waals surface area contributed by atoms with Crippen LogP contribution >= 0.6 is 0 Å². The zero-order chi connectivity index (χ0) is 25.1. The number of carbonyl (C=O) groups is 2. The molecule has 190 valence electrons. The van der Waals surface area contributed by atoms with Gasteiger partial charge in [0.15, 0.2) is 5.69 Å². The van der Waals surface area contributed by atoms with Gasteiger partial charge in [0.2, 0.25) is 0 Å². The molecule has 2 aromatic rings. The van der Waals surface area contributed by atoms with Gasteiger partial charge < -0.3 is 24.2 Å². The molecule has 4 rings (SSSR count). The number of ether oxygens (including phenoxy) is 2. The molecule has 0 unspecified atom stereocenters. The van der Waals surface area contributed by atoms with E-state index < -0.39 is 0 Å². The fourth-order valence-corrected chi connectivity index (χ4v) is 4.48.